The van der Waals surface area contributed by atoms with Crippen LogP contribution < -0.4 is 0 Å². The number of aromatic nitrogens is 1. The maximum Gasteiger partial charge on any atom is 0.0616 e. The summed E-state index contributed by atoms with van der Waals surface area (Å²) in [4.78, 5) is 0. The van der Waals surface area contributed by atoms with Crippen molar-refractivity contribution in [2.24, 2.45) is 0 Å². The van der Waals surface area contributed by atoms with Crippen molar-refractivity contribution >= 4 is 38.0 Å². The Morgan fingerprint density at radius 2 is 1.39 bits per heavy atom. The molecule has 0 atom stereocenters. The van der Waals surface area contributed by atoms with Crippen molar-refractivity contribution in [2.75, 3.05) is 0 Å². The molecule has 0 radical (unpaired) electrons. The van der Waals surface area contributed by atoms with Crippen LogP contribution in [0, 0.1) is 0 Å². The molecule has 0 bridgehead atoms. The summed E-state index contributed by atoms with van der Waals surface area (Å²) < 4.78 is 2.41. The molecule has 1 aliphatic carbocycles. The number of hydrogen-bond donors (Lipinski definition) is 0. The van der Waals surface area contributed by atoms with Gasteiger partial charge < -0.3 is 4.40 Å². The van der Waals surface area contributed by atoms with Crippen molar-refractivity contribution in [1.29, 1.82) is 0 Å². The monoisotopic (exact) mass is 355 g/mol. The average molecular weight is 355 g/mol. The summed E-state index contributed by atoms with van der Waals surface area (Å²) in [7, 11) is 0. The lowest BCUT2D eigenvalue weighted by molar-refractivity contribution is 1.26. The van der Waals surface area contributed by atoms with Gasteiger partial charge in [-0.05, 0) is 40.1 Å². The van der Waals surface area contributed by atoms with E-state index in [1.165, 1.54) is 60.2 Å². The number of para-hydroxylation sites is 1. The molecule has 0 aliphatic heterocycles. The molecule has 1 heteroatoms. The first kappa shape index (κ1) is 14.5. The van der Waals surface area contributed by atoms with E-state index in [1.54, 1.807) is 0 Å². The van der Waals surface area contributed by atoms with E-state index < -0.39 is 0 Å². The molecule has 4 aromatic carbocycles. The summed E-state index contributed by atoms with van der Waals surface area (Å²) in [5.41, 5.74) is 8.31. The summed E-state index contributed by atoms with van der Waals surface area (Å²) in [6, 6.07) is 31.1. The maximum absolute atomic E-state index is 2.41. The first-order valence-corrected chi connectivity index (χ1v) is 9.84. The van der Waals surface area contributed by atoms with Crippen LogP contribution in [0.4, 0.5) is 0 Å². The van der Waals surface area contributed by atoms with Crippen LogP contribution >= 0.6 is 0 Å². The van der Waals surface area contributed by atoms with Crippen LogP contribution in [0.1, 0.15) is 11.1 Å². The number of fused-ring (bicyclic) bond motifs is 12. The van der Waals surface area contributed by atoms with Gasteiger partial charge in [-0.25, -0.2) is 0 Å². The quantitative estimate of drug-likeness (QED) is 0.259. The molecule has 0 unspecified atom stereocenters. The van der Waals surface area contributed by atoms with Crippen LogP contribution in [-0.2, 0) is 6.42 Å². The number of nitrogens with zero attached hydrogens (tertiary/aromatic N) is 1. The zero-order chi connectivity index (χ0) is 18.2. The van der Waals surface area contributed by atoms with E-state index in [0.717, 1.165) is 6.42 Å². The minimum atomic E-state index is 1.01. The van der Waals surface area contributed by atoms with Gasteiger partial charge in [0.25, 0.3) is 0 Å². The summed E-state index contributed by atoms with van der Waals surface area (Å²) >= 11 is 0. The van der Waals surface area contributed by atoms with E-state index in [0.29, 0.717) is 0 Å². The third-order valence-corrected chi connectivity index (χ3v) is 6.40. The van der Waals surface area contributed by atoms with Gasteiger partial charge in [0.2, 0.25) is 0 Å². The van der Waals surface area contributed by atoms with Gasteiger partial charge in [0, 0.05) is 27.7 Å². The Morgan fingerprint density at radius 3 is 2.36 bits per heavy atom. The lowest BCUT2D eigenvalue weighted by Gasteiger charge is -2.13. The smallest absolute Gasteiger partial charge is 0.0616 e. The van der Waals surface area contributed by atoms with Gasteiger partial charge in [-0.2, -0.15) is 0 Å². The van der Waals surface area contributed by atoms with Gasteiger partial charge >= 0.3 is 0 Å². The lowest BCUT2D eigenvalue weighted by Crippen LogP contribution is -1.93. The first-order valence-electron chi connectivity index (χ1n) is 9.84. The molecule has 0 saturated carbocycles. The van der Waals surface area contributed by atoms with E-state index in [9.17, 15) is 0 Å². The van der Waals surface area contributed by atoms with Gasteiger partial charge in [-0.3, -0.25) is 0 Å². The molecule has 130 valence electrons. The predicted molar refractivity (Wildman–Crippen MR) is 118 cm³/mol. The van der Waals surface area contributed by atoms with Crippen molar-refractivity contribution in [1.82, 2.24) is 4.40 Å². The molecule has 0 amide bonds. The molecule has 0 fully saturated rings. The van der Waals surface area contributed by atoms with Crippen molar-refractivity contribution in [3.63, 3.8) is 0 Å². The van der Waals surface area contributed by atoms with E-state index in [4.69, 9.17) is 0 Å². The Bertz CT molecular complexity index is 1580. The molecule has 0 N–H and O–H groups in total. The summed E-state index contributed by atoms with van der Waals surface area (Å²) in [5.74, 6) is 0. The highest BCUT2D eigenvalue weighted by Gasteiger charge is 2.23. The fourth-order valence-corrected chi connectivity index (χ4v) is 5.22. The maximum atomic E-state index is 2.41. The molecule has 28 heavy (non-hydrogen) atoms. The fourth-order valence-electron chi connectivity index (χ4n) is 5.22. The second-order valence-electron chi connectivity index (χ2n) is 7.80. The molecular weight excluding hydrogens is 338 g/mol. The molecular formula is C27H17N. The van der Waals surface area contributed by atoms with Crippen molar-refractivity contribution < 1.29 is 0 Å². The highest BCUT2D eigenvalue weighted by atomic mass is 14.9. The van der Waals surface area contributed by atoms with Gasteiger partial charge in [-0.15, -0.1) is 0 Å². The third-order valence-electron chi connectivity index (χ3n) is 6.40. The molecule has 1 aliphatic rings. The standard InChI is InChI=1S/C27H17N/c1-3-9-19-17(7-1)15-24-21(19)13-14-23-22-11-5-6-12-25(22)28-16-18-8-2-4-10-20(18)27(28)26(23)24/h1-14,16H,15H2. The Labute approximate surface area is 162 Å². The Kier molecular flexibility index (Phi) is 2.60. The Balaban J connectivity index is 1.80. The molecule has 7 rings (SSSR count). The van der Waals surface area contributed by atoms with Crippen molar-refractivity contribution in [2.45, 2.75) is 6.42 Å². The largest absolute Gasteiger partial charge is 0.315 e. The summed E-state index contributed by atoms with van der Waals surface area (Å²) in [6.07, 6.45) is 3.31. The summed E-state index contributed by atoms with van der Waals surface area (Å²) in [5, 5.41) is 6.73. The number of pyridine rings is 1. The van der Waals surface area contributed by atoms with Gasteiger partial charge in [-0.1, -0.05) is 78.9 Å². The van der Waals surface area contributed by atoms with Crippen LogP contribution in [-0.4, -0.2) is 4.40 Å². The molecule has 0 saturated heterocycles. The van der Waals surface area contributed by atoms with Crippen LogP contribution in [0.25, 0.3) is 49.1 Å². The first-order chi connectivity index (χ1) is 13.9. The van der Waals surface area contributed by atoms with E-state index in [1.807, 2.05) is 0 Å². The Morgan fingerprint density at radius 1 is 0.607 bits per heavy atom. The molecule has 6 aromatic rings. The minimum Gasteiger partial charge on any atom is -0.315 e. The topological polar surface area (TPSA) is 4.41 Å². The van der Waals surface area contributed by atoms with Crippen LogP contribution in [0.3, 0.4) is 0 Å². The molecule has 1 nitrogen and oxygen atoms in total. The normalized spacial score (nSPS) is 12.9. The van der Waals surface area contributed by atoms with Crippen molar-refractivity contribution in [3.8, 4) is 11.1 Å². The average Bonchev–Trinajstić information content (AvgIpc) is 3.32. The summed E-state index contributed by atoms with van der Waals surface area (Å²) in [6.45, 7) is 0. The van der Waals surface area contributed by atoms with Crippen molar-refractivity contribution in [3.05, 3.63) is 102 Å². The van der Waals surface area contributed by atoms with Gasteiger partial charge in [0.15, 0.2) is 0 Å². The number of rotatable bonds is 0. The van der Waals surface area contributed by atoms with E-state index in [2.05, 4.69) is 95.5 Å². The second-order valence-corrected chi connectivity index (χ2v) is 7.80. The molecule has 2 aromatic heterocycles. The van der Waals surface area contributed by atoms with E-state index in [-0.39, 0.29) is 0 Å². The second kappa shape index (κ2) is 5.02. The zero-order valence-corrected chi connectivity index (χ0v) is 15.3. The number of benzene rings is 4. The van der Waals surface area contributed by atoms with Crippen LogP contribution in [0.5, 0.6) is 0 Å². The number of hydrogen-bond acceptors (Lipinski definition) is 0. The highest BCUT2D eigenvalue weighted by Crippen LogP contribution is 2.44. The molecule has 0 spiro atoms. The third kappa shape index (κ3) is 1.67. The minimum absolute atomic E-state index is 1.01. The van der Waals surface area contributed by atoms with Gasteiger partial charge in [0.1, 0.15) is 0 Å². The Hall–Kier alpha value is -3.58. The fraction of sp³-hybridized carbons (Fsp3) is 0.0370. The lowest BCUT2D eigenvalue weighted by atomic mass is 9.95. The molecule has 2 heterocycles. The predicted octanol–water partition coefficient (Wildman–Crippen LogP) is 6.97. The van der Waals surface area contributed by atoms with Crippen LogP contribution in [0.15, 0.2) is 91.1 Å². The van der Waals surface area contributed by atoms with Gasteiger partial charge in [0.05, 0.1) is 11.0 Å². The van der Waals surface area contributed by atoms with Crippen LogP contribution in [0.2, 0.25) is 0 Å². The SMILES string of the molecule is c1ccc2c(c1)Cc1c-2ccc2c3ccccc3n3cc4ccccc4c3c12. The zero-order valence-electron chi connectivity index (χ0n) is 15.3. The highest BCUT2D eigenvalue weighted by molar-refractivity contribution is 6.22. The van der Waals surface area contributed by atoms with E-state index >= 15 is 0 Å².